The van der Waals surface area contributed by atoms with Gasteiger partial charge in [0.2, 0.25) is 5.95 Å². The summed E-state index contributed by atoms with van der Waals surface area (Å²) in [5.74, 6) is 1.08. The monoisotopic (exact) mass is 510 g/mol. The zero-order chi connectivity index (χ0) is 26.0. The molecule has 0 aliphatic heterocycles. The van der Waals surface area contributed by atoms with Crippen molar-refractivity contribution in [1.82, 2.24) is 24.4 Å². The van der Waals surface area contributed by atoms with Crippen molar-refractivity contribution in [3.05, 3.63) is 58.0 Å². The Morgan fingerprint density at radius 3 is 2.64 bits per heavy atom. The van der Waals surface area contributed by atoms with Crippen molar-refractivity contribution >= 4 is 45.5 Å². The molecule has 0 unspecified atom stereocenters. The first-order valence-corrected chi connectivity index (χ1v) is 11.5. The molecule has 0 spiro atoms. The number of nitrogens with one attached hydrogen (secondary N) is 1. The van der Waals surface area contributed by atoms with Gasteiger partial charge in [-0.25, -0.2) is 9.97 Å². The minimum atomic E-state index is -0.412. The highest BCUT2D eigenvalue weighted by atomic mass is 35.5. The maximum Gasteiger partial charge on any atom is 0.294 e. The van der Waals surface area contributed by atoms with E-state index >= 15 is 0 Å². The van der Waals surface area contributed by atoms with Crippen LogP contribution in [0.15, 0.2) is 42.9 Å². The number of aryl methyl sites for hydroxylation is 1. The Labute approximate surface area is 213 Å². The molecule has 0 aliphatic carbocycles. The van der Waals surface area contributed by atoms with Gasteiger partial charge >= 0.3 is 0 Å². The van der Waals surface area contributed by atoms with Gasteiger partial charge in [0, 0.05) is 67.0 Å². The Bertz CT molecular complexity index is 1420. The standard InChI is InChI=1S/C24H27ClN8O3/c1-30(2)8-9-31(3)20-12-22(36-5)18(11-21(20)33(34)35)28-24-27-14-26-23(29-24)17-13-32(4)19-7-6-15(25)10-16(17)19/h6-7,10-14H,8-9H2,1-5H3,(H,26,27,28,29). The molecule has 4 rings (SSSR count). The van der Waals surface area contributed by atoms with E-state index in [4.69, 9.17) is 16.3 Å². The number of nitro groups is 1. The van der Waals surface area contributed by atoms with E-state index in [-0.39, 0.29) is 11.6 Å². The fraction of sp³-hybridized carbons (Fsp3) is 0.292. The molecule has 0 amide bonds. The Balaban J connectivity index is 1.71. The lowest BCUT2D eigenvalue weighted by Crippen LogP contribution is -2.28. The fourth-order valence-electron chi connectivity index (χ4n) is 3.90. The third-order valence-corrected chi connectivity index (χ3v) is 6.03. The number of rotatable bonds is 9. The van der Waals surface area contributed by atoms with Crippen molar-refractivity contribution in [3.8, 4) is 17.1 Å². The number of fused-ring (bicyclic) bond motifs is 1. The molecule has 0 saturated carbocycles. The van der Waals surface area contributed by atoms with Gasteiger partial charge in [0.05, 0.1) is 17.7 Å². The van der Waals surface area contributed by atoms with Crippen molar-refractivity contribution in [2.24, 2.45) is 7.05 Å². The van der Waals surface area contributed by atoms with Crippen LogP contribution >= 0.6 is 11.6 Å². The van der Waals surface area contributed by atoms with Crippen LogP contribution < -0.4 is 15.0 Å². The van der Waals surface area contributed by atoms with Gasteiger partial charge in [0.15, 0.2) is 5.82 Å². The minimum Gasteiger partial charge on any atom is -0.494 e. The number of halogens is 1. The molecule has 2 aromatic carbocycles. The number of aromatic nitrogens is 4. The Morgan fingerprint density at radius 1 is 1.17 bits per heavy atom. The molecule has 11 nitrogen and oxygen atoms in total. The summed E-state index contributed by atoms with van der Waals surface area (Å²) >= 11 is 6.22. The lowest BCUT2D eigenvalue weighted by atomic mass is 10.1. The fourth-order valence-corrected chi connectivity index (χ4v) is 4.07. The molecule has 0 fully saturated rings. The first kappa shape index (κ1) is 25.1. The molecule has 0 atom stereocenters. The normalized spacial score (nSPS) is 11.2. The molecule has 0 aliphatic rings. The van der Waals surface area contributed by atoms with Crippen LogP contribution in [0, 0.1) is 10.1 Å². The quantitative estimate of drug-likeness (QED) is 0.259. The minimum absolute atomic E-state index is 0.0578. The lowest BCUT2D eigenvalue weighted by Gasteiger charge is -2.22. The van der Waals surface area contributed by atoms with Gasteiger partial charge < -0.3 is 24.4 Å². The highest BCUT2D eigenvalue weighted by molar-refractivity contribution is 6.31. The summed E-state index contributed by atoms with van der Waals surface area (Å²) < 4.78 is 7.51. The smallest absolute Gasteiger partial charge is 0.294 e. The summed E-state index contributed by atoms with van der Waals surface area (Å²) in [5.41, 5.74) is 2.53. The number of methoxy groups -OCH3 is 1. The van der Waals surface area contributed by atoms with Gasteiger partial charge in [0.1, 0.15) is 17.8 Å². The molecule has 2 heterocycles. The second kappa shape index (κ2) is 10.3. The lowest BCUT2D eigenvalue weighted by molar-refractivity contribution is -0.384. The van der Waals surface area contributed by atoms with Crippen molar-refractivity contribution in [2.45, 2.75) is 0 Å². The third kappa shape index (κ3) is 5.16. The largest absolute Gasteiger partial charge is 0.494 e. The number of hydrogen-bond donors (Lipinski definition) is 1. The van der Waals surface area contributed by atoms with E-state index in [9.17, 15) is 10.1 Å². The van der Waals surface area contributed by atoms with E-state index in [0.717, 1.165) is 23.0 Å². The van der Waals surface area contributed by atoms with E-state index in [2.05, 4.69) is 20.3 Å². The van der Waals surface area contributed by atoms with Crippen molar-refractivity contribution in [1.29, 1.82) is 0 Å². The first-order chi connectivity index (χ1) is 17.2. The van der Waals surface area contributed by atoms with E-state index in [1.165, 1.54) is 19.5 Å². The van der Waals surface area contributed by atoms with Crippen LogP contribution in [0.4, 0.5) is 23.0 Å². The molecule has 0 radical (unpaired) electrons. The SMILES string of the molecule is COc1cc(N(C)CCN(C)C)c([N+](=O)[O-])cc1Nc1ncnc(-c2cn(C)c3ccc(Cl)cc23)n1. The molecule has 0 saturated heterocycles. The Kier molecular flexibility index (Phi) is 7.22. The van der Waals surface area contributed by atoms with Crippen molar-refractivity contribution in [3.63, 3.8) is 0 Å². The third-order valence-electron chi connectivity index (χ3n) is 5.80. The highest BCUT2D eigenvalue weighted by Crippen LogP contribution is 2.39. The number of ether oxygens (including phenoxy) is 1. The molecule has 0 bridgehead atoms. The number of likely N-dealkylation sites (N-methyl/N-ethyl adjacent to an activating group) is 2. The zero-order valence-corrected chi connectivity index (χ0v) is 21.4. The van der Waals surface area contributed by atoms with Gasteiger partial charge in [-0.1, -0.05) is 11.6 Å². The molecule has 2 aromatic heterocycles. The number of hydrogen-bond acceptors (Lipinski definition) is 9. The van der Waals surface area contributed by atoms with E-state index in [0.29, 0.717) is 34.5 Å². The van der Waals surface area contributed by atoms with Gasteiger partial charge in [-0.05, 0) is 32.3 Å². The number of nitro benzene ring substituents is 1. The van der Waals surface area contributed by atoms with Crippen LogP contribution in [0.1, 0.15) is 0 Å². The first-order valence-electron chi connectivity index (χ1n) is 11.1. The summed E-state index contributed by atoms with van der Waals surface area (Å²) in [4.78, 5) is 28.4. The summed E-state index contributed by atoms with van der Waals surface area (Å²) in [6.45, 7) is 1.35. The number of benzene rings is 2. The average Bonchev–Trinajstić information content (AvgIpc) is 3.17. The van der Waals surface area contributed by atoms with Crippen LogP contribution in [-0.4, -0.2) is 70.7 Å². The van der Waals surface area contributed by atoms with Crippen LogP contribution in [-0.2, 0) is 7.05 Å². The maximum absolute atomic E-state index is 11.9. The van der Waals surface area contributed by atoms with Gasteiger partial charge in [0.25, 0.3) is 5.69 Å². The van der Waals surface area contributed by atoms with Crippen LogP contribution in [0.25, 0.3) is 22.3 Å². The van der Waals surface area contributed by atoms with Crippen molar-refractivity contribution < 1.29 is 9.66 Å². The van der Waals surface area contributed by atoms with Gasteiger partial charge in [-0.15, -0.1) is 0 Å². The molecule has 188 valence electrons. The number of anilines is 3. The Hall–Kier alpha value is -3.96. The number of nitrogens with zero attached hydrogens (tertiary/aromatic N) is 7. The topological polar surface area (TPSA) is 114 Å². The molecule has 36 heavy (non-hydrogen) atoms. The second-order valence-electron chi connectivity index (χ2n) is 8.60. The van der Waals surface area contributed by atoms with Crippen LogP contribution in [0.3, 0.4) is 0 Å². The average molecular weight is 511 g/mol. The predicted molar refractivity (Wildman–Crippen MR) is 142 cm³/mol. The molecule has 1 N–H and O–H groups in total. The Morgan fingerprint density at radius 2 is 1.94 bits per heavy atom. The predicted octanol–water partition coefficient (Wildman–Crippen LogP) is 4.34. The molecule has 4 aromatic rings. The molecular formula is C24H27ClN8O3. The van der Waals surface area contributed by atoms with Crippen LogP contribution in [0.5, 0.6) is 5.75 Å². The molecular weight excluding hydrogens is 484 g/mol. The van der Waals surface area contributed by atoms with Crippen molar-refractivity contribution in [2.75, 3.05) is 51.6 Å². The summed E-state index contributed by atoms with van der Waals surface area (Å²) in [7, 11) is 9.15. The van der Waals surface area contributed by atoms with Gasteiger partial charge in [-0.2, -0.15) is 4.98 Å². The molecule has 12 heteroatoms. The van der Waals surface area contributed by atoms with Gasteiger partial charge in [-0.3, -0.25) is 10.1 Å². The summed E-state index contributed by atoms with van der Waals surface area (Å²) in [5, 5.41) is 16.5. The highest BCUT2D eigenvalue weighted by Gasteiger charge is 2.23. The van der Waals surface area contributed by atoms with Crippen LogP contribution in [0.2, 0.25) is 5.02 Å². The maximum atomic E-state index is 11.9. The van der Waals surface area contributed by atoms with E-state index in [1.54, 1.807) is 6.07 Å². The zero-order valence-electron chi connectivity index (χ0n) is 20.7. The van der Waals surface area contributed by atoms with E-state index in [1.807, 2.05) is 67.0 Å². The van der Waals surface area contributed by atoms with E-state index < -0.39 is 4.92 Å². The second-order valence-corrected chi connectivity index (χ2v) is 9.03. The summed E-state index contributed by atoms with van der Waals surface area (Å²) in [6, 6.07) is 8.70. The summed E-state index contributed by atoms with van der Waals surface area (Å²) in [6.07, 6.45) is 3.31.